The SMILES string of the molecule is O=P(O)(O)OCC1O[C@@](CO)(OP(=O)(O)O)C(O)C1O. The predicted octanol–water partition coefficient (Wildman–Crippen LogP) is -2.99. The number of rotatable bonds is 6. The fraction of sp³-hybridized carbons (Fsp3) is 1.00. The molecule has 0 spiro atoms. The molecule has 7 N–H and O–H groups in total. The van der Waals surface area contributed by atoms with E-state index in [9.17, 15) is 19.3 Å². The Morgan fingerprint density at radius 3 is 2.05 bits per heavy atom. The van der Waals surface area contributed by atoms with E-state index in [1.807, 2.05) is 0 Å². The minimum atomic E-state index is -5.19. The van der Waals surface area contributed by atoms with Crippen molar-refractivity contribution in [1.29, 1.82) is 0 Å². The molecule has 14 heteroatoms. The van der Waals surface area contributed by atoms with E-state index in [0.717, 1.165) is 0 Å². The van der Waals surface area contributed by atoms with Crippen molar-refractivity contribution in [2.75, 3.05) is 13.2 Å². The summed E-state index contributed by atoms with van der Waals surface area (Å²) in [6.07, 6.45) is -5.53. The van der Waals surface area contributed by atoms with Crippen molar-refractivity contribution in [2.45, 2.75) is 24.1 Å². The fourth-order valence-electron chi connectivity index (χ4n) is 1.60. The third kappa shape index (κ3) is 4.53. The molecule has 12 nitrogen and oxygen atoms in total. The number of phosphoric acid groups is 2. The Kier molecular flexibility index (Phi) is 5.48. The van der Waals surface area contributed by atoms with Crippen LogP contribution in [0.4, 0.5) is 0 Å². The summed E-state index contributed by atoms with van der Waals surface area (Å²) in [7, 11) is -10.1. The van der Waals surface area contributed by atoms with Gasteiger partial charge in [0, 0.05) is 0 Å². The highest BCUT2D eigenvalue weighted by molar-refractivity contribution is 7.46. The molecule has 1 heterocycles. The third-order valence-corrected chi connectivity index (χ3v) is 3.44. The second-order valence-corrected chi connectivity index (χ2v) is 6.33. The molecule has 0 bridgehead atoms. The summed E-state index contributed by atoms with van der Waals surface area (Å²) in [4.78, 5) is 34.3. The van der Waals surface area contributed by atoms with Crippen LogP contribution in [0.3, 0.4) is 0 Å². The Hall–Kier alpha value is 0.0600. The number of hydrogen-bond donors (Lipinski definition) is 7. The van der Waals surface area contributed by atoms with E-state index in [1.54, 1.807) is 0 Å². The van der Waals surface area contributed by atoms with Gasteiger partial charge in [0.05, 0.1) is 6.61 Å². The van der Waals surface area contributed by atoms with Gasteiger partial charge in [0.25, 0.3) is 0 Å². The van der Waals surface area contributed by atoms with Gasteiger partial charge in [-0.1, -0.05) is 0 Å². The van der Waals surface area contributed by atoms with E-state index < -0.39 is 53.0 Å². The topological polar surface area (TPSA) is 203 Å². The molecular weight excluding hydrogens is 326 g/mol. The first-order chi connectivity index (χ1) is 8.90. The fourth-order valence-corrected chi connectivity index (χ4v) is 2.55. The first kappa shape index (κ1) is 18.1. The van der Waals surface area contributed by atoms with Crippen molar-refractivity contribution in [3.8, 4) is 0 Å². The van der Waals surface area contributed by atoms with E-state index in [2.05, 4.69) is 9.05 Å². The number of ether oxygens (including phenoxy) is 1. The molecule has 0 aromatic rings. The molecule has 1 aliphatic heterocycles. The lowest BCUT2D eigenvalue weighted by Gasteiger charge is -2.29. The first-order valence-electron chi connectivity index (χ1n) is 5.01. The zero-order valence-electron chi connectivity index (χ0n) is 9.71. The molecule has 1 saturated heterocycles. The number of phosphoric ester groups is 2. The van der Waals surface area contributed by atoms with E-state index in [-0.39, 0.29) is 0 Å². The van der Waals surface area contributed by atoms with Crippen LogP contribution in [0.1, 0.15) is 0 Å². The van der Waals surface area contributed by atoms with E-state index in [4.69, 9.17) is 29.4 Å². The van der Waals surface area contributed by atoms with Gasteiger partial charge in [0.2, 0.25) is 5.79 Å². The lowest BCUT2D eigenvalue weighted by atomic mass is 10.1. The second kappa shape index (κ2) is 6.05. The molecule has 0 saturated carbocycles. The molecule has 120 valence electrons. The number of aliphatic hydroxyl groups is 3. The lowest BCUT2D eigenvalue weighted by molar-refractivity contribution is -0.237. The quantitative estimate of drug-likeness (QED) is 0.242. The smallest absolute Gasteiger partial charge is 0.391 e. The molecule has 0 aromatic carbocycles. The average molecular weight is 340 g/mol. The van der Waals surface area contributed by atoms with Crippen LogP contribution in [-0.2, 0) is 22.9 Å². The summed E-state index contributed by atoms with van der Waals surface area (Å²) >= 11 is 0. The molecule has 3 unspecified atom stereocenters. The summed E-state index contributed by atoms with van der Waals surface area (Å²) in [5, 5.41) is 28.2. The third-order valence-electron chi connectivity index (χ3n) is 2.41. The molecule has 20 heavy (non-hydrogen) atoms. The molecule has 0 aromatic heterocycles. The van der Waals surface area contributed by atoms with Gasteiger partial charge in [-0.3, -0.25) is 4.52 Å². The average Bonchev–Trinajstić information content (AvgIpc) is 2.49. The van der Waals surface area contributed by atoms with Crippen molar-refractivity contribution < 1.29 is 57.8 Å². The summed E-state index contributed by atoms with van der Waals surface area (Å²) in [6.45, 7) is -2.14. The molecule has 0 radical (unpaired) electrons. The van der Waals surface area contributed by atoms with Gasteiger partial charge in [-0.05, 0) is 0 Å². The largest absolute Gasteiger partial charge is 0.472 e. The van der Waals surface area contributed by atoms with E-state index in [0.29, 0.717) is 0 Å². The molecule has 0 amide bonds. The Morgan fingerprint density at radius 2 is 1.65 bits per heavy atom. The summed E-state index contributed by atoms with van der Waals surface area (Å²) < 4.78 is 34.2. The Labute approximate surface area is 112 Å². The van der Waals surface area contributed by atoms with Gasteiger partial charge >= 0.3 is 15.6 Å². The number of aliphatic hydroxyl groups excluding tert-OH is 3. The monoisotopic (exact) mass is 340 g/mol. The molecule has 0 aliphatic carbocycles. The van der Waals surface area contributed by atoms with Crippen LogP contribution >= 0.6 is 15.6 Å². The van der Waals surface area contributed by atoms with Crippen molar-refractivity contribution in [1.82, 2.24) is 0 Å². The van der Waals surface area contributed by atoms with Gasteiger partial charge < -0.3 is 39.6 Å². The van der Waals surface area contributed by atoms with Gasteiger partial charge in [0.1, 0.15) is 24.9 Å². The highest BCUT2D eigenvalue weighted by atomic mass is 31.2. The van der Waals surface area contributed by atoms with Crippen LogP contribution in [-0.4, -0.2) is 72.2 Å². The van der Waals surface area contributed by atoms with Gasteiger partial charge in [-0.15, -0.1) is 0 Å². The predicted molar refractivity (Wildman–Crippen MR) is 57.8 cm³/mol. The maximum absolute atomic E-state index is 10.8. The summed E-state index contributed by atoms with van der Waals surface area (Å²) in [5.74, 6) is -2.64. The van der Waals surface area contributed by atoms with Crippen LogP contribution in [0, 0.1) is 0 Å². The normalized spacial score (nSPS) is 35.5. The van der Waals surface area contributed by atoms with Crippen molar-refractivity contribution >= 4 is 15.6 Å². The molecule has 4 atom stereocenters. The Balaban J connectivity index is 2.85. The lowest BCUT2D eigenvalue weighted by Crippen LogP contribution is -2.47. The second-order valence-electron chi connectivity index (χ2n) is 3.93. The molecular formula is C6H14O12P2. The minimum Gasteiger partial charge on any atom is -0.391 e. The Bertz CT molecular complexity index is 428. The minimum absolute atomic E-state index is 0.908. The van der Waals surface area contributed by atoms with Gasteiger partial charge in [-0.2, -0.15) is 0 Å². The van der Waals surface area contributed by atoms with E-state index >= 15 is 0 Å². The molecule has 1 aliphatic rings. The zero-order valence-corrected chi connectivity index (χ0v) is 11.5. The van der Waals surface area contributed by atoms with Gasteiger partial charge in [0.15, 0.2) is 0 Å². The maximum Gasteiger partial charge on any atom is 0.472 e. The maximum atomic E-state index is 10.8. The van der Waals surface area contributed by atoms with Crippen LogP contribution in [0.2, 0.25) is 0 Å². The summed E-state index contributed by atoms with van der Waals surface area (Å²) in [6, 6.07) is 0. The molecule has 1 rings (SSSR count). The number of hydrogen-bond acceptors (Lipinski definition) is 8. The first-order valence-corrected chi connectivity index (χ1v) is 8.07. The van der Waals surface area contributed by atoms with Gasteiger partial charge in [-0.25, -0.2) is 13.7 Å². The highest BCUT2D eigenvalue weighted by Crippen LogP contribution is 2.47. The molecule has 1 fully saturated rings. The van der Waals surface area contributed by atoms with Crippen LogP contribution in [0.25, 0.3) is 0 Å². The van der Waals surface area contributed by atoms with Crippen LogP contribution < -0.4 is 0 Å². The van der Waals surface area contributed by atoms with Crippen molar-refractivity contribution in [3.05, 3.63) is 0 Å². The van der Waals surface area contributed by atoms with E-state index in [1.165, 1.54) is 0 Å². The summed E-state index contributed by atoms with van der Waals surface area (Å²) in [5.41, 5.74) is 0. The zero-order chi connectivity index (χ0) is 15.8. The van der Waals surface area contributed by atoms with Crippen molar-refractivity contribution in [2.24, 2.45) is 0 Å². The Morgan fingerprint density at radius 1 is 1.10 bits per heavy atom. The van der Waals surface area contributed by atoms with Crippen molar-refractivity contribution in [3.63, 3.8) is 0 Å². The van der Waals surface area contributed by atoms with Crippen LogP contribution in [0.15, 0.2) is 0 Å². The van der Waals surface area contributed by atoms with Crippen LogP contribution in [0.5, 0.6) is 0 Å². The standard InChI is InChI=1S/C6H14O12P2/c7-2-6(18-20(13,14)15)5(9)4(8)3(17-6)1-16-19(10,11)12/h3-5,7-9H,1-2H2,(H2,10,11,12)(H2,13,14,15)/t3?,4?,5?,6-/m0/s1. The highest BCUT2D eigenvalue weighted by Gasteiger charge is 2.58.